The first-order valence-corrected chi connectivity index (χ1v) is 13.8. The lowest BCUT2D eigenvalue weighted by Crippen LogP contribution is -2.52. The van der Waals surface area contributed by atoms with Gasteiger partial charge in [0, 0.05) is 63.7 Å². The molecule has 1 heterocycles. The number of hydrogen-bond donors (Lipinski definition) is 3. The lowest BCUT2D eigenvalue weighted by molar-refractivity contribution is -0.0586. The molecule has 0 aromatic heterocycles. The van der Waals surface area contributed by atoms with Gasteiger partial charge in [-0.25, -0.2) is 18.0 Å². The number of carbonyl (C=O) groups excluding carboxylic acids is 1. The highest BCUT2D eigenvalue weighted by Crippen LogP contribution is 2.42. The Labute approximate surface area is 223 Å². The van der Waals surface area contributed by atoms with Crippen LogP contribution in [0.3, 0.4) is 0 Å². The summed E-state index contributed by atoms with van der Waals surface area (Å²) in [5.74, 6) is -3.43. The van der Waals surface area contributed by atoms with Crippen molar-refractivity contribution in [1.29, 1.82) is 0 Å². The molecule has 6 nitrogen and oxygen atoms in total. The average molecular weight is 548 g/mol. The molecule has 1 aliphatic carbocycles. The van der Waals surface area contributed by atoms with Crippen LogP contribution in [0.1, 0.15) is 69.8 Å². The third kappa shape index (κ3) is 8.22. The smallest absolute Gasteiger partial charge is 0.317 e. The minimum absolute atomic E-state index is 0.0473. The van der Waals surface area contributed by atoms with Crippen molar-refractivity contribution in [3.8, 4) is 0 Å². The number of methoxy groups -OCH3 is 1. The maximum absolute atomic E-state index is 15.1. The number of benzene rings is 1. The van der Waals surface area contributed by atoms with Crippen molar-refractivity contribution >= 4 is 17.6 Å². The second-order valence-corrected chi connectivity index (χ2v) is 11.1. The lowest BCUT2D eigenvalue weighted by Gasteiger charge is -2.43. The summed E-state index contributed by atoms with van der Waals surface area (Å²) in [5, 5.41) is 14.7. The number of nitrogens with one attached hydrogen (secondary N) is 1. The van der Waals surface area contributed by atoms with Crippen molar-refractivity contribution in [2.75, 3.05) is 33.4 Å². The molecule has 4 N–H and O–H groups in total. The van der Waals surface area contributed by atoms with Crippen LogP contribution < -0.4 is 11.1 Å². The Morgan fingerprint density at radius 3 is 2.76 bits per heavy atom. The van der Waals surface area contributed by atoms with Crippen LogP contribution in [0, 0.1) is 17.7 Å². The normalized spacial score (nSPS) is 22.9. The van der Waals surface area contributed by atoms with Crippen LogP contribution >= 0.6 is 11.6 Å². The number of aliphatic hydroxyl groups is 1. The quantitative estimate of drug-likeness (QED) is 0.322. The van der Waals surface area contributed by atoms with E-state index in [-0.39, 0.29) is 60.4 Å². The molecule has 10 heteroatoms. The fraction of sp³-hybridized carbons (Fsp3) is 0.741. The highest BCUT2D eigenvalue weighted by molar-refractivity contribution is 6.30. The molecule has 2 amide bonds. The van der Waals surface area contributed by atoms with Crippen LogP contribution in [0.25, 0.3) is 0 Å². The third-order valence-corrected chi connectivity index (χ3v) is 8.24. The van der Waals surface area contributed by atoms with Crippen molar-refractivity contribution in [1.82, 2.24) is 10.2 Å². The third-order valence-electron chi connectivity index (χ3n) is 7.95. The number of nitrogens with two attached hydrogens (primary N) is 1. The van der Waals surface area contributed by atoms with Gasteiger partial charge < -0.3 is 25.8 Å². The molecular weight excluding hydrogens is 507 g/mol. The molecule has 1 aliphatic heterocycles. The molecule has 3 unspecified atom stereocenters. The standard InChI is InChI=1S/C27H41ClF3N3O3/c1-37-15-3-2-11-27(36,22-7-4-8-23(28)24(22)29)20-6-5-14-34(18-20)25(35)33-17-21(32)16-19-9-12-26(30,31)13-10-19/h4,7-8,19-21,36H,2-3,5-6,9-18,32H2,1H3,(H,33,35). The molecule has 0 radical (unpaired) electrons. The molecule has 1 saturated carbocycles. The molecule has 1 aromatic carbocycles. The average Bonchev–Trinajstić information content (AvgIpc) is 2.88. The van der Waals surface area contributed by atoms with Crippen molar-refractivity contribution in [2.45, 2.75) is 81.8 Å². The van der Waals surface area contributed by atoms with E-state index in [0.29, 0.717) is 64.5 Å². The van der Waals surface area contributed by atoms with E-state index in [1.54, 1.807) is 24.1 Å². The Balaban J connectivity index is 1.60. The zero-order valence-corrected chi connectivity index (χ0v) is 22.4. The summed E-state index contributed by atoms with van der Waals surface area (Å²) in [7, 11) is 1.61. The van der Waals surface area contributed by atoms with Gasteiger partial charge in [-0.05, 0) is 63.4 Å². The summed E-state index contributed by atoms with van der Waals surface area (Å²) in [6, 6.07) is 4.04. The molecule has 2 aliphatic rings. The predicted molar refractivity (Wildman–Crippen MR) is 138 cm³/mol. The highest BCUT2D eigenvalue weighted by Gasteiger charge is 2.43. The second-order valence-electron chi connectivity index (χ2n) is 10.7. The van der Waals surface area contributed by atoms with Crippen molar-refractivity contribution < 1.29 is 27.8 Å². The maximum Gasteiger partial charge on any atom is 0.317 e. The number of halogens is 4. The van der Waals surface area contributed by atoms with Gasteiger partial charge in [0.25, 0.3) is 0 Å². The van der Waals surface area contributed by atoms with Gasteiger partial charge in [0.2, 0.25) is 5.92 Å². The maximum atomic E-state index is 15.1. The van der Waals surface area contributed by atoms with Gasteiger partial charge in [0.15, 0.2) is 0 Å². The van der Waals surface area contributed by atoms with Crippen molar-refractivity contribution in [2.24, 2.45) is 17.6 Å². The number of unbranched alkanes of at least 4 members (excludes halogenated alkanes) is 1. The van der Waals surface area contributed by atoms with Gasteiger partial charge in [-0.3, -0.25) is 0 Å². The van der Waals surface area contributed by atoms with Crippen LogP contribution in [0.15, 0.2) is 18.2 Å². The van der Waals surface area contributed by atoms with Crippen LogP contribution in [0.2, 0.25) is 5.02 Å². The number of hydrogen-bond acceptors (Lipinski definition) is 4. The van der Waals surface area contributed by atoms with Crippen LogP contribution in [0.4, 0.5) is 18.0 Å². The first kappa shape index (κ1) is 30.0. The first-order valence-electron chi connectivity index (χ1n) is 13.4. The molecule has 37 heavy (non-hydrogen) atoms. The van der Waals surface area contributed by atoms with Crippen LogP contribution in [-0.4, -0.2) is 61.4 Å². The summed E-state index contributed by atoms with van der Waals surface area (Å²) < 4.78 is 47.0. The molecule has 210 valence electrons. The van der Waals surface area contributed by atoms with E-state index in [1.807, 2.05) is 0 Å². The van der Waals surface area contributed by atoms with Crippen LogP contribution in [0.5, 0.6) is 0 Å². The second kappa shape index (κ2) is 13.5. The monoisotopic (exact) mass is 547 g/mol. The number of nitrogens with zero attached hydrogens (tertiary/aromatic N) is 1. The fourth-order valence-electron chi connectivity index (χ4n) is 5.77. The molecule has 0 spiro atoms. The van der Waals surface area contributed by atoms with E-state index in [2.05, 4.69) is 5.32 Å². The number of amides is 2. The number of carbonyl (C=O) groups is 1. The zero-order chi connectivity index (χ0) is 27.1. The summed E-state index contributed by atoms with van der Waals surface area (Å²) >= 11 is 6.05. The molecule has 1 saturated heterocycles. The van der Waals surface area contributed by atoms with Gasteiger partial charge in [-0.2, -0.15) is 0 Å². The van der Waals surface area contributed by atoms with E-state index in [1.165, 1.54) is 6.07 Å². The van der Waals surface area contributed by atoms with Crippen LogP contribution in [-0.2, 0) is 10.3 Å². The van der Waals surface area contributed by atoms with Gasteiger partial charge in [0.05, 0.1) is 10.6 Å². The van der Waals surface area contributed by atoms with E-state index in [0.717, 1.165) is 0 Å². The molecule has 3 rings (SSSR count). The number of likely N-dealkylation sites (tertiary alicyclic amines) is 1. The van der Waals surface area contributed by atoms with E-state index in [4.69, 9.17) is 22.1 Å². The number of urea groups is 1. The molecular formula is C27H41ClF3N3O3. The number of alkyl halides is 2. The van der Waals surface area contributed by atoms with Gasteiger partial charge in [0.1, 0.15) is 5.82 Å². The number of ether oxygens (including phenoxy) is 1. The summed E-state index contributed by atoms with van der Waals surface area (Å²) in [6.45, 7) is 1.58. The Bertz CT molecular complexity index is 884. The molecule has 3 atom stereocenters. The Morgan fingerprint density at radius 1 is 1.32 bits per heavy atom. The van der Waals surface area contributed by atoms with Gasteiger partial charge in [-0.1, -0.05) is 23.7 Å². The minimum atomic E-state index is -2.57. The molecule has 0 bridgehead atoms. The van der Waals surface area contributed by atoms with E-state index < -0.39 is 17.3 Å². The van der Waals surface area contributed by atoms with E-state index in [9.17, 15) is 18.7 Å². The van der Waals surface area contributed by atoms with Crippen molar-refractivity contribution in [3.63, 3.8) is 0 Å². The summed E-state index contributed by atoms with van der Waals surface area (Å²) in [5.41, 5.74) is 4.88. The summed E-state index contributed by atoms with van der Waals surface area (Å²) in [4.78, 5) is 14.6. The molecule has 2 fully saturated rings. The van der Waals surface area contributed by atoms with Gasteiger partial charge >= 0.3 is 6.03 Å². The minimum Gasteiger partial charge on any atom is -0.385 e. The Morgan fingerprint density at radius 2 is 2.05 bits per heavy atom. The SMILES string of the molecule is COCCCCC(O)(c1cccc(Cl)c1F)C1CCCN(C(=O)NCC(N)CC2CCC(F)(F)CC2)C1. The van der Waals surface area contributed by atoms with Crippen molar-refractivity contribution in [3.05, 3.63) is 34.6 Å². The summed E-state index contributed by atoms with van der Waals surface area (Å²) in [6.07, 6.45) is 4.26. The number of piperidine rings is 1. The first-order chi connectivity index (χ1) is 17.6. The topological polar surface area (TPSA) is 87.8 Å². The largest absolute Gasteiger partial charge is 0.385 e. The Hall–Kier alpha value is -1.55. The number of rotatable bonds is 11. The Kier molecular flexibility index (Phi) is 10.9. The molecule has 1 aromatic rings. The predicted octanol–water partition coefficient (Wildman–Crippen LogP) is 5.45. The van der Waals surface area contributed by atoms with E-state index >= 15 is 4.39 Å². The lowest BCUT2D eigenvalue weighted by atomic mass is 9.74. The fourth-order valence-corrected chi connectivity index (χ4v) is 5.94. The van der Waals surface area contributed by atoms with Gasteiger partial charge in [-0.15, -0.1) is 0 Å². The zero-order valence-electron chi connectivity index (χ0n) is 21.7. The highest BCUT2D eigenvalue weighted by atomic mass is 35.5.